The zero-order chi connectivity index (χ0) is 15.5. The number of rotatable bonds is 5. The van der Waals surface area contributed by atoms with Gasteiger partial charge in [0, 0.05) is 18.1 Å². The van der Waals surface area contributed by atoms with E-state index in [2.05, 4.69) is 24.5 Å². The van der Waals surface area contributed by atoms with Gasteiger partial charge in [-0.1, -0.05) is 35.1 Å². The van der Waals surface area contributed by atoms with Gasteiger partial charge in [0.05, 0.1) is 17.4 Å². The summed E-state index contributed by atoms with van der Waals surface area (Å²) in [5, 5.41) is 4.61. The molecule has 0 aliphatic carbocycles. The Morgan fingerprint density at radius 2 is 2.14 bits per heavy atom. The standard InChI is InChI=1S/C14H14ClN5OS/c1-2-20(7-11-13(15)22-19-18-11)8-12-16-10-6-4-3-5-9(10)14(21)17-12/h3-6H,2,7-8H2,1H3,(H,16,17,21). The summed E-state index contributed by atoms with van der Waals surface area (Å²) in [6.45, 7) is 3.91. The average Bonchev–Trinajstić information content (AvgIpc) is 2.92. The lowest BCUT2D eigenvalue weighted by Crippen LogP contribution is -2.25. The van der Waals surface area contributed by atoms with Crippen molar-refractivity contribution in [3.8, 4) is 0 Å². The van der Waals surface area contributed by atoms with Crippen LogP contribution in [0.3, 0.4) is 0 Å². The molecule has 6 nitrogen and oxygen atoms in total. The van der Waals surface area contributed by atoms with Gasteiger partial charge in [0.2, 0.25) is 0 Å². The normalized spacial score (nSPS) is 11.4. The molecule has 3 aromatic rings. The number of H-pyrrole nitrogens is 1. The first-order valence-electron chi connectivity index (χ1n) is 6.84. The van der Waals surface area contributed by atoms with Gasteiger partial charge in [0.15, 0.2) is 0 Å². The van der Waals surface area contributed by atoms with Crippen molar-refractivity contribution >= 4 is 34.0 Å². The molecule has 114 valence electrons. The van der Waals surface area contributed by atoms with E-state index in [4.69, 9.17) is 11.6 Å². The van der Waals surface area contributed by atoms with Crippen LogP contribution in [0.1, 0.15) is 18.4 Å². The molecule has 2 aromatic heterocycles. The Bertz CT molecular complexity index is 846. The van der Waals surface area contributed by atoms with Crippen molar-refractivity contribution in [1.82, 2.24) is 24.5 Å². The van der Waals surface area contributed by atoms with Crippen LogP contribution in [0, 0.1) is 0 Å². The third-order valence-corrected chi connectivity index (χ3v) is 4.35. The summed E-state index contributed by atoms with van der Waals surface area (Å²) in [5.41, 5.74) is 1.33. The quantitative estimate of drug-likeness (QED) is 0.775. The van der Waals surface area contributed by atoms with E-state index >= 15 is 0 Å². The molecule has 22 heavy (non-hydrogen) atoms. The molecular formula is C14H14ClN5OS. The zero-order valence-electron chi connectivity index (χ0n) is 11.9. The van der Waals surface area contributed by atoms with Crippen LogP contribution in [0.2, 0.25) is 4.34 Å². The highest BCUT2D eigenvalue weighted by Gasteiger charge is 2.13. The average molecular weight is 336 g/mol. The van der Waals surface area contributed by atoms with Crippen molar-refractivity contribution in [2.24, 2.45) is 0 Å². The van der Waals surface area contributed by atoms with E-state index in [-0.39, 0.29) is 5.56 Å². The lowest BCUT2D eigenvalue weighted by molar-refractivity contribution is 0.261. The number of aromatic amines is 1. The Kier molecular flexibility index (Phi) is 4.47. The van der Waals surface area contributed by atoms with E-state index in [1.165, 1.54) is 11.5 Å². The monoisotopic (exact) mass is 335 g/mol. The molecule has 0 fully saturated rings. The highest BCUT2D eigenvalue weighted by atomic mass is 35.5. The van der Waals surface area contributed by atoms with Crippen molar-refractivity contribution in [2.45, 2.75) is 20.0 Å². The number of aromatic nitrogens is 4. The second-order valence-corrected chi connectivity index (χ2v) is 6.18. The maximum absolute atomic E-state index is 12.1. The first-order valence-corrected chi connectivity index (χ1v) is 7.99. The summed E-state index contributed by atoms with van der Waals surface area (Å²) in [5.74, 6) is 0.630. The molecule has 0 saturated heterocycles. The van der Waals surface area contributed by atoms with Crippen molar-refractivity contribution in [2.75, 3.05) is 6.54 Å². The van der Waals surface area contributed by atoms with E-state index in [1.54, 1.807) is 6.07 Å². The van der Waals surface area contributed by atoms with Gasteiger partial charge >= 0.3 is 0 Å². The van der Waals surface area contributed by atoms with Crippen LogP contribution in [0.25, 0.3) is 10.9 Å². The molecule has 0 saturated carbocycles. The Balaban J connectivity index is 1.84. The Hall–Kier alpha value is -1.83. The minimum atomic E-state index is -0.120. The Morgan fingerprint density at radius 3 is 2.86 bits per heavy atom. The fraction of sp³-hybridized carbons (Fsp3) is 0.286. The molecular weight excluding hydrogens is 322 g/mol. The first-order chi connectivity index (χ1) is 10.7. The van der Waals surface area contributed by atoms with Gasteiger partial charge < -0.3 is 4.98 Å². The molecule has 1 N–H and O–H groups in total. The minimum Gasteiger partial charge on any atom is -0.309 e. The first kappa shape index (κ1) is 15.1. The molecule has 3 rings (SSSR count). The number of hydrogen-bond donors (Lipinski definition) is 1. The summed E-state index contributed by atoms with van der Waals surface area (Å²) >= 11 is 7.21. The maximum atomic E-state index is 12.1. The molecule has 0 aliphatic rings. The number of halogens is 1. The Labute approximate surface area is 135 Å². The van der Waals surface area contributed by atoms with Crippen LogP contribution >= 0.6 is 23.1 Å². The van der Waals surface area contributed by atoms with Crippen LogP contribution in [-0.2, 0) is 13.1 Å². The summed E-state index contributed by atoms with van der Waals surface area (Å²) < 4.78 is 4.43. The van der Waals surface area contributed by atoms with Gasteiger partial charge in [-0.05, 0) is 18.7 Å². The lowest BCUT2D eigenvalue weighted by Gasteiger charge is -2.18. The third kappa shape index (κ3) is 3.16. The predicted octanol–water partition coefficient (Wildman–Crippen LogP) is 2.45. The van der Waals surface area contributed by atoms with Crippen molar-refractivity contribution in [3.63, 3.8) is 0 Å². The van der Waals surface area contributed by atoms with Crippen LogP contribution in [0.4, 0.5) is 0 Å². The molecule has 0 atom stereocenters. The maximum Gasteiger partial charge on any atom is 0.258 e. The van der Waals surface area contributed by atoms with Crippen LogP contribution in [0.15, 0.2) is 29.1 Å². The number of nitrogens with zero attached hydrogens (tertiary/aromatic N) is 4. The van der Waals surface area contributed by atoms with Crippen molar-refractivity contribution in [3.05, 3.63) is 50.5 Å². The highest BCUT2D eigenvalue weighted by molar-refractivity contribution is 7.10. The summed E-state index contributed by atoms with van der Waals surface area (Å²) in [4.78, 5) is 21.5. The second-order valence-electron chi connectivity index (χ2n) is 4.83. The minimum absolute atomic E-state index is 0.120. The van der Waals surface area contributed by atoms with E-state index < -0.39 is 0 Å². The molecule has 0 aliphatic heterocycles. The highest BCUT2D eigenvalue weighted by Crippen LogP contribution is 2.19. The van der Waals surface area contributed by atoms with Gasteiger partial charge in [0.1, 0.15) is 15.9 Å². The smallest absolute Gasteiger partial charge is 0.258 e. The third-order valence-electron chi connectivity index (χ3n) is 3.37. The molecule has 0 amide bonds. The number of nitrogens with one attached hydrogen (secondary N) is 1. The van der Waals surface area contributed by atoms with E-state index in [0.29, 0.717) is 34.2 Å². The summed E-state index contributed by atoms with van der Waals surface area (Å²) in [6, 6.07) is 7.31. The van der Waals surface area contributed by atoms with Crippen molar-refractivity contribution in [1.29, 1.82) is 0 Å². The van der Waals surface area contributed by atoms with Gasteiger partial charge in [-0.3, -0.25) is 9.69 Å². The van der Waals surface area contributed by atoms with Gasteiger partial charge in [-0.25, -0.2) is 4.98 Å². The van der Waals surface area contributed by atoms with E-state index in [1.807, 2.05) is 25.1 Å². The van der Waals surface area contributed by atoms with Crippen LogP contribution in [0.5, 0.6) is 0 Å². The van der Waals surface area contributed by atoms with Gasteiger partial charge in [-0.2, -0.15) is 0 Å². The topological polar surface area (TPSA) is 74.8 Å². The number of para-hydroxylation sites is 1. The van der Waals surface area contributed by atoms with E-state index in [9.17, 15) is 4.79 Å². The number of benzene rings is 1. The number of fused-ring (bicyclic) bond motifs is 1. The number of hydrogen-bond acceptors (Lipinski definition) is 6. The molecule has 0 bridgehead atoms. The van der Waals surface area contributed by atoms with Gasteiger partial charge in [0.25, 0.3) is 5.56 Å². The van der Waals surface area contributed by atoms with Crippen molar-refractivity contribution < 1.29 is 0 Å². The molecule has 0 spiro atoms. The molecule has 0 radical (unpaired) electrons. The fourth-order valence-electron chi connectivity index (χ4n) is 2.20. The van der Waals surface area contributed by atoms with Crippen LogP contribution in [-0.4, -0.2) is 31.0 Å². The molecule has 0 unspecified atom stereocenters. The molecule has 8 heteroatoms. The SMILES string of the molecule is CCN(Cc1nc2ccccc2c(=O)[nH]1)Cc1nnsc1Cl. The van der Waals surface area contributed by atoms with Crippen LogP contribution < -0.4 is 5.56 Å². The summed E-state index contributed by atoms with van der Waals surface area (Å²) in [7, 11) is 0. The largest absolute Gasteiger partial charge is 0.309 e. The molecule has 1 aromatic carbocycles. The summed E-state index contributed by atoms with van der Waals surface area (Å²) in [6.07, 6.45) is 0. The van der Waals surface area contributed by atoms with Gasteiger partial charge in [-0.15, -0.1) is 5.10 Å². The van der Waals surface area contributed by atoms with E-state index in [0.717, 1.165) is 12.2 Å². The second kappa shape index (κ2) is 6.51. The Morgan fingerprint density at radius 1 is 1.32 bits per heavy atom. The predicted molar refractivity (Wildman–Crippen MR) is 87.1 cm³/mol. The lowest BCUT2D eigenvalue weighted by atomic mass is 10.2. The zero-order valence-corrected chi connectivity index (χ0v) is 13.5. The fourth-order valence-corrected chi connectivity index (χ4v) is 2.82. The molecule has 2 heterocycles.